The lowest BCUT2D eigenvalue weighted by Crippen LogP contribution is -2.44. The van der Waals surface area contributed by atoms with Crippen molar-refractivity contribution in [2.75, 3.05) is 23.8 Å². The first-order valence-corrected chi connectivity index (χ1v) is 6.16. The van der Waals surface area contributed by atoms with Gasteiger partial charge < -0.3 is 20.9 Å². The molecular formula is C13H20N6. The maximum Gasteiger partial charge on any atom is 0.136 e. The summed E-state index contributed by atoms with van der Waals surface area (Å²) >= 11 is 0. The van der Waals surface area contributed by atoms with Crippen LogP contribution in [0.2, 0.25) is 0 Å². The van der Waals surface area contributed by atoms with Crippen molar-refractivity contribution in [3.63, 3.8) is 0 Å². The molecule has 0 amide bonds. The Bertz CT molecular complexity index is 514. The van der Waals surface area contributed by atoms with Gasteiger partial charge in [-0.2, -0.15) is 0 Å². The van der Waals surface area contributed by atoms with Gasteiger partial charge in [0.05, 0.1) is 0 Å². The molecule has 0 aromatic carbocycles. The molecule has 0 spiro atoms. The van der Waals surface area contributed by atoms with E-state index in [1.54, 1.807) is 6.33 Å². The third kappa shape index (κ3) is 3.96. The molecule has 0 saturated carbocycles. The van der Waals surface area contributed by atoms with Crippen LogP contribution in [-0.2, 0) is 0 Å². The fraction of sp³-hybridized carbons (Fsp3) is 0.385. The highest BCUT2D eigenvalue weighted by Crippen LogP contribution is 2.17. The fourth-order valence-corrected chi connectivity index (χ4v) is 1.86. The van der Waals surface area contributed by atoms with Crippen LogP contribution in [0.4, 0.5) is 17.5 Å². The van der Waals surface area contributed by atoms with E-state index in [2.05, 4.69) is 20.3 Å². The highest BCUT2D eigenvalue weighted by molar-refractivity contribution is 5.56. The van der Waals surface area contributed by atoms with E-state index in [9.17, 15) is 0 Å². The third-order valence-corrected chi connectivity index (χ3v) is 2.55. The van der Waals surface area contributed by atoms with Gasteiger partial charge in [-0.3, -0.25) is 0 Å². The Kier molecular flexibility index (Phi) is 3.71. The molecule has 19 heavy (non-hydrogen) atoms. The molecule has 6 heteroatoms. The smallest absolute Gasteiger partial charge is 0.136 e. The second-order valence-corrected chi connectivity index (χ2v) is 5.31. The number of nitrogens with one attached hydrogen (secondary N) is 2. The molecule has 102 valence electrons. The van der Waals surface area contributed by atoms with Crippen molar-refractivity contribution in [3.05, 3.63) is 30.7 Å². The van der Waals surface area contributed by atoms with Gasteiger partial charge in [0.15, 0.2) is 0 Å². The minimum Gasteiger partial charge on any atom is -0.358 e. The van der Waals surface area contributed by atoms with Gasteiger partial charge in [-0.15, -0.1) is 0 Å². The topological polar surface area (TPSA) is 82.9 Å². The zero-order valence-electron chi connectivity index (χ0n) is 11.5. The van der Waals surface area contributed by atoms with Crippen molar-refractivity contribution in [3.8, 4) is 0 Å². The Labute approximate surface area is 113 Å². The number of likely N-dealkylation sites (N-methyl/N-ethyl adjacent to an activating group) is 1. The zero-order valence-corrected chi connectivity index (χ0v) is 11.5. The molecule has 0 atom stereocenters. The summed E-state index contributed by atoms with van der Waals surface area (Å²) in [6.45, 7) is 4.69. The Morgan fingerprint density at radius 2 is 2.21 bits per heavy atom. The summed E-state index contributed by atoms with van der Waals surface area (Å²) in [5.41, 5.74) is 5.74. The Balaban J connectivity index is 2.10. The first kappa shape index (κ1) is 13.4. The van der Waals surface area contributed by atoms with Crippen molar-refractivity contribution in [1.82, 2.24) is 15.0 Å². The van der Waals surface area contributed by atoms with Crippen LogP contribution in [0, 0.1) is 0 Å². The van der Waals surface area contributed by atoms with E-state index >= 15 is 0 Å². The first-order chi connectivity index (χ1) is 8.94. The number of nitrogens with zero attached hydrogens (tertiary/aromatic N) is 3. The van der Waals surface area contributed by atoms with E-state index in [-0.39, 0.29) is 5.54 Å². The molecule has 0 radical (unpaired) electrons. The predicted octanol–water partition coefficient (Wildman–Crippen LogP) is 1.72. The van der Waals surface area contributed by atoms with Gasteiger partial charge in [0.25, 0.3) is 0 Å². The lowest BCUT2D eigenvalue weighted by atomic mass is 10.1. The summed E-state index contributed by atoms with van der Waals surface area (Å²) in [4.78, 5) is 13.5. The molecule has 2 rings (SSSR count). The van der Waals surface area contributed by atoms with Gasteiger partial charge in [0.2, 0.25) is 0 Å². The lowest BCUT2D eigenvalue weighted by Gasteiger charge is -2.27. The molecule has 0 unspecified atom stereocenters. The number of aromatic nitrogens is 3. The largest absolute Gasteiger partial charge is 0.358 e. The Hall–Kier alpha value is -2.08. The molecule has 0 aliphatic heterocycles. The lowest BCUT2D eigenvalue weighted by molar-refractivity contribution is 0.517. The summed E-state index contributed by atoms with van der Waals surface area (Å²) in [6, 6.07) is 5.76. The van der Waals surface area contributed by atoms with Crippen LogP contribution in [-0.4, -0.2) is 34.1 Å². The van der Waals surface area contributed by atoms with E-state index in [4.69, 9.17) is 5.73 Å². The molecule has 4 N–H and O–H groups in total. The SMILES string of the molecule is CN(CC(C)(C)N)c1cc(Nc2ccc[nH]2)ncn1. The second kappa shape index (κ2) is 5.27. The number of rotatable bonds is 5. The van der Waals surface area contributed by atoms with E-state index in [1.165, 1.54) is 0 Å². The third-order valence-electron chi connectivity index (χ3n) is 2.55. The van der Waals surface area contributed by atoms with Crippen LogP contribution in [0.15, 0.2) is 30.7 Å². The number of nitrogens with two attached hydrogens (primary N) is 1. The van der Waals surface area contributed by atoms with Crippen LogP contribution in [0.3, 0.4) is 0 Å². The van der Waals surface area contributed by atoms with E-state index in [1.807, 2.05) is 50.2 Å². The second-order valence-electron chi connectivity index (χ2n) is 5.31. The van der Waals surface area contributed by atoms with Crippen LogP contribution in [0.25, 0.3) is 0 Å². The highest BCUT2D eigenvalue weighted by Gasteiger charge is 2.15. The first-order valence-electron chi connectivity index (χ1n) is 6.16. The van der Waals surface area contributed by atoms with Crippen molar-refractivity contribution < 1.29 is 0 Å². The average Bonchev–Trinajstić information content (AvgIpc) is 2.80. The Morgan fingerprint density at radius 1 is 1.42 bits per heavy atom. The molecule has 0 aliphatic carbocycles. The summed E-state index contributed by atoms with van der Waals surface area (Å²) in [5.74, 6) is 2.48. The molecule has 0 bridgehead atoms. The van der Waals surface area contributed by atoms with Crippen molar-refractivity contribution in [1.29, 1.82) is 0 Å². The van der Waals surface area contributed by atoms with Crippen LogP contribution >= 0.6 is 0 Å². The summed E-state index contributed by atoms with van der Waals surface area (Å²) in [5, 5.41) is 3.18. The average molecular weight is 260 g/mol. The number of aromatic amines is 1. The van der Waals surface area contributed by atoms with Crippen molar-refractivity contribution in [2.24, 2.45) is 5.73 Å². The van der Waals surface area contributed by atoms with E-state index in [0.717, 1.165) is 17.5 Å². The summed E-state index contributed by atoms with van der Waals surface area (Å²) in [7, 11) is 1.97. The van der Waals surface area contributed by atoms with Gasteiger partial charge in [-0.1, -0.05) is 0 Å². The standard InChI is InChI=1S/C13H20N6/c1-13(2,14)8-19(3)12-7-11(16-9-17-12)18-10-5-4-6-15-10/h4-7,9,15H,8,14H2,1-3H3,(H,16,17,18). The maximum absolute atomic E-state index is 6.02. The van der Waals surface area contributed by atoms with Gasteiger partial charge in [-0.05, 0) is 26.0 Å². The van der Waals surface area contributed by atoms with Crippen LogP contribution in [0.1, 0.15) is 13.8 Å². The van der Waals surface area contributed by atoms with E-state index < -0.39 is 0 Å². The monoisotopic (exact) mass is 260 g/mol. The summed E-state index contributed by atoms with van der Waals surface area (Å²) < 4.78 is 0. The molecule has 6 nitrogen and oxygen atoms in total. The molecular weight excluding hydrogens is 240 g/mol. The minimum atomic E-state index is -0.271. The van der Waals surface area contributed by atoms with Gasteiger partial charge in [0.1, 0.15) is 23.8 Å². The molecule has 0 fully saturated rings. The zero-order chi connectivity index (χ0) is 13.9. The van der Waals surface area contributed by atoms with Gasteiger partial charge >= 0.3 is 0 Å². The highest BCUT2D eigenvalue weighted by atomic mass is 15.2. The summed E-state index contributed by atoms with van der Waals surface area (Å²) in [6.07, 6.45) is 3.40. The molecule has 0 saturated heterocycles. The number of hydrogen-bond acceptors (Lipinski definition) is 5. The number of hydrogen-bond donors (Lipinski definition) is 3. The molecule has 2 aromatic heterocycles. The number of H-pyrrole nitrogens is 1. The van der Waals surface area contributed by atoms with Gasteiger partial charge in [0, 0.05) is 31.4 Å². The van der Waals surface area contributed by atoms with Crippen molar-refractivity contribution in [2.45, 2.75) is 19.4 Å². The quantitative estimate of drug-likeness (QED) is 0.762. The van der Waals surface area contributed by atoms with E-state index in [0.29, 0.717) is 6.54 Å². The molecule has 2 aromatic rings. The fourth-order valence-electron chi connectivity index (χ4n) is 1.86. The molecule has 0 aliphatic rings. The van der Waals surface area contributed by atoms with Crippen molar-refractivity contribution >= 4 is 17.5 Å². The Morgan fingerprint density at radius 3 is 2.84 bits per heavy atom. The van der Waals surface area contributed by atoms with Crippen LogP contribution < -0.4 is 16.0 Å². The minimum absolute atomic E-state index is 0.271. The normalized spacial score (nSPS) is 11.4. The predicted molar refractivity (Wildman–Crippen MR) is 77.6 cm³/mol. The van der Waals surface area contributed by atoms with Crippen LogP contribution in [0.5, 0.6) is 0 Å². The number of anilines is 3. The van der Waals surface area contributed by atoms with Gasteiger partial charge in [-0.25, -0.2) is 9.97 Å². The maximum atomic E-state index is 6.02. The molecule has 2 heterocycles.